The molecule has 1 aromatic carbocycles. The van der Waals surface area contributed by atoms with Crippen molar-refractivity contribution >= 4 is 27.7 Å². The molecule has 0 unspecified atom stereocenters. The number of nitrogens with zero attached hydrogens (tertiary/aromatic N) is 1. The Morgan fingerprint density at radius 2 is 2.00 bits per heavy atom. The van der Waals surface area contributed by atoms with Gasteiger partial charge >= 0.3 is 0 Å². The minimum absolute atomic E-state index is 0.0116. The Hall–Kier alpha value is -1.36. The van der Waals surface area contributed by atoms with E-state index in [1.54, 1.807) is 11.9 Å². The van der Waals surface area contributed by atoms with Crippen LogP contribution in [0.2, 0.25) is 0 Å². The molecule has 2 fully saturated rings. The van der Waals surface area contributed by atoms with E-state index >= 15 is 0 Å². The zero-order chi connectivity index (χ0) is 15.7. The summed E-state index contributed by atoms with van der Waals surface area (Å²) < 4.78 is 1.04. The second kappa shape index (κ2) is 6.41. The molecule has 2 amide bonds. The number of hydrogen-bond donors (Lipinski definition) is 1. The van der Waals surface area contributed by atoms with Gasteiger partial charge in [0.05, 0.1) is 12.0 Å². The van der Waals surface area contributed by atoms with Crippen LogP contribution in [0.1, 0.15) is 37.3 Å². The third kappa shape index (κ3) is 3.19. The first-order chi connectivity index (χ1) is 10.5. The highest BCUT2D eigenvalue weighted by molar-refractivity contribution is 9.10. The van der Waals surface area contributed by atoms with Crippen molar-refractivity contribution in [3.8, 4) is 0 Å². The van der Waals surface area contributed by atoms with Crippen LogP contribution in [-0.4, -0.2) is 30.3 Å². The number of nitrogens with one attached hydrogen (secondary N) is 1. The van der Waals surface area contributed by atoms with Crippen LogP contribution in [0, 0.1) is 11.8 Å². The third-order valence-corrected chi connectivity index (χ3v) is 5.39. The number of amides is 2. The minimum Gasteiger partial charge on any atom is -0.349 e. The lowest BCUT2D eigenvalue weighted by atomic mass is 9.77. The standard InChI is InChI=1S/C17H21BrN2O2/c1-20-10-13(9-15(20)21)17(22)19-16(11-3-2-4-11)12-5-7-14(18)8-6-12/h5-8,11,13,16H,2-4,9-10H2,1H3,(H,19,22)/t13-,16+/m0/s1. The second-order valence-corrected chi connectivity index (χ2v) is 7.32. The van der Waals surface area contributed by atoms with Crippen molar-refractivity contribution in [1.29, 1.82) is 0 Å². The van der Waals surface area contributed by atoms with Gasteiger partial charge in [0, 0.05) is 24.5 Å². The summed E-state index contributed by atoms with van der Waals surface area (Å²) in [5.41, 5.74) is 1.15. The van der Waals surface area contributed by atoms with E-state index in [0.717, 1.165) is 22.9 Å². The number of carbonyl (C=O) groups excluding carboxylic acids is 2. The quantitative estimate of drug-likeness (QED) is 0.892. The Bertz CT molecular complexity index is 569. The Morgan fingerprint density at radius 1 is 1.32 bits per heavy atom. The van der Waals surface area contributed by atoms with Crippen molar-refractivity contribution in [1.82, 2.24) is 10.2 Å². The number of likely N-dealkylation sites (tertiary alicyclic amines) is 1. The Labute approximate surface area is 139 Å². The van der Waals surface area contributed by atoms with Gasteiger partial charge in [0.15, 0.2) is 0 Å². The molecular weight excluding hydrogens is 344 g/mol. The van der Waals surface area contributed by atoms with E-state index in [-0.39, 0.29) is 23.8 Å². The summed E-state index contributed by atoms with van der Waals surface area (Å²) in [5, 5.41) is 3.20. The first kappa shape index (κ1) is 15.5. The fourth-order valence-electron chi connectivity index (χ4n) is 3.23. The number of halogens is 1. The SMILES string of the molecule is CN1C[C@@H](C(=O)N[C@@H](c2ccc(Br)cc2)C2CCC2)CC1=O. The van der Waals surface area contributed by atoms with Crippen LogP contribution in [0.15, 0.2) is 28.7 Å². The van der Waals surface area contributed by atoms with Gasteiger partial charge < -0.3 is 10.2 Å². The molecule has 22 heavy (non-hydrogen) atoms. The van der Waals surface area contributed by atoms with Gasteiger partial charge in [-0.25, -0.2) is 0 Å². The number of benzene rings is 1. The predicted molar refractivity (Wildman–Crippen MR) is 88.1 cm³/mol. The van der Waals surface area contributed by atoms with Crippen molar-refractivity contribution in [2.24, 2.45) is 11.8 Å². The van der Waals surface area contributed by atoms with Crippen LogP contribution in [0.5, 0.6) is 0 Å². The van der Waals surface area contributed by atoms with Crippen molar-refractivity contribution in [3.05, 3.63) is 34.3 Å². The molecule has 1 saturated heterocycles. The average Bonchev–Trinajstić information content (AvgIpc) is 2.77. The molecule has 1 aliphatic heterocycles. The zero-order valence-corrected chi connectivity index (χ0v) is 14.3. The summed E-state index contributed by atoms with van der Waals surface area (Å²) in [4.78, 5) is 25.8. The molecule has 0 bridgehead atoms. The lowest BCUT2D eigenvalue weighted by Crippen LogP contribution is -2.40. The molecule has 0 radical (unpaired) electrons. The van der Waals surface area contributed by atoms with Gasteiger partial charge in [0.1, 0.15) is 0 Å². The van der Waals surface area contributed by atoms with Crippen LogP contribution in [0.25, 0.3) is 0 Å². The minimum atomic E-state index is -0.212. The Kier molecular flexibility index (Phi) is 4.52. The Balaban J connectivity index is 1.71. The lowest BCUT2D eigenvalue weighted by molar-refractivity contribution is -0.128. The molecule has 118 valence electrons. The average molecular weight is 365 g/mol. The predicted octanol–water partition coefficient (Wildman–Crippen LogP) is 2.88. The van der Waals surface area contributed by atoms with Crippen molar-refractivity contribution < 1.29 is 9.59 Å². The van der Waals surface area contributed by atoms with Gasteiger partial charge in [-0.1, -0.05) is 34.5 Å². The third-order valence-electron chi connectivity index (χ3n) is 4.86. The van der Waals surface area contributed by atoms with E-state index in [9.17, 15) is 9.59 Å². The van der Waals surface area contributed by atoms with Crippen molar-refractivity contribution in [2.75, 3.05) is 13.6 Å². The van der Waals surface area contributed by atoms with Crippen molar-refractivity contribution in [3.63, 3.8) is 0 Å². The van der Waals surface area contributed by atoms with Crippen molar-refractivity contribution in [2.45, 2.75) is 31.7 Å². The first-order valence-corrected chi connectivity index (χ1v) is 8.63. The summed E-state index contributed by atoms with van der Waals surface area (Å²) in [6, 6.07) is 8.23. The van der Waals surface area contributed by atoms with Crippen LogP contribution in [-0.2, 0) is 9.59 Å². The maximum Gasteiger partial charge on any atom is 0.225 e. The van der Waals surface area contributed by atoms with E-state index in [1.165, 1.54) is 6.42 Å². The van der Waals surface area contributed by atoms with Gasteiger partial charge in [-0.15, -0.1) is 0 Å². The number of carbonyl (C=O) groups is 2. The van der Waals surface area contributed by atoms with E-state index in [0.29, 0.717) is 18.9 Å². The molecular formula is C17H21BrN2O2. The summed E-state index contributed by atoms with van der Waals surface area (Å²) >= 11 is 3.45. The highest BCUT2D eigenvalue weighted by Crippen LogP contribution is 2.38. The van der Waals surface area contributed by atoms with Gasteiger partial charge in [0.2, 0.25) is 11.8 Å². The molecule has 1 aliphatic carbocycles. The monoisotopic (exact) mass is 364 g/mol. The summed E-state index contributed by atoms with van der Waals surface area (Å²) in [6.45, 7) is 0.530. The molecule has 1 aromatic rings. The van der Waals surface area contributed by atoms with Gasteiger partial charge in [0.25, 0.3) is 0 Å². The number of hydrogen-bond acceptors (Lipinski definition) is 2. The fraction of sp³-hybridized carbons (Fsp3) is 0.529. The van der Waals surface area contributed by atoms with Gasteiger partial charge in [-0.3, -0.25) is 9.59 Å². The second-order valence-electron chi connectivity index (χ2n) is 6.40. The Morgan fingerprint density at radius 3 is 2.50 bits per heavy atom. The van der Waals surface area contributed by atoms with E-state index in [4.69, 9.17) is 0 Å². The van der Waals surface area contributed by atoms with Crippen LogP contribution in [0.3, 0.4) is 0 Å². The normalized spacial score (nSPS) is 23.3. The number of rotatable bonds is 4. The summed E-state index contributed by atoms with van der Waals surface area (Å²) in [5.74, 6) is 0.372. The van der Waals surface area contributed by atoms with Crippen LogP contribution in [0.4, 0.5) is 0 Å². The molecule has 5 heteroatoms. The first-order valence-electron chi connectivity index (χ1n) is 7.84. The highest BCUT2D eigenvalue weighted by Gasteiger charge is 2.35. The molecule has 2 aliphatic rings. The molecule has 2 atom stereocenters. The molecule has 0 spiro atoms. The molecule has 1 N–H and O–H groups in total. The van der Waals surface area contributed by atoms with E-state index in [2.05, 4.69) is 33.4 Å². The largest absolute Gasteiger partial charge is 0.349 e. The molecule has 4 nitrogen and oxygen atoms in total. The maximum absolute atomic E-state index is 12.5. The lowest BCUT2D eigenvalue weighted by Gasteiger charge is -2.35. The van der Waals surface area contributed by atoms with Gasteiger partial charge in [-0.05, 0) is 36.5 Å². The van der Waals surface area contributed by atoms with E-state index in [1.807, 2.05) is 12.1 Å². The fourth-order valence-corrected chi connectivity index (χ4v) is 3.49. The maximum atomic E-state index is 12.5. The highest BCUT2D eigenvalue weighted by atomic mass is 79.9. The van der Waals surface area contributed by atoms with Gasteiger partial charge in [-0.2, -0.15) is 0 Å². The van der Waals surface area contributed by atoms with E-state index < -0.39 is 0 Å². The molecule has 3 rings (SSSR count). The smallest absolute Gasteiger partial charge is 0.225 e. The van der Waals surface area contributed by atoms with Crippen LogP contribution >= 0.6 is 15.9 Å². The zero-order valence-electron chi connectivity index (χ0n) is 12.7. The molecule has 1 heterocycles. The topological polar surface area (TPSA) is 49.4 Å². The molecule has 0 aromatic heterocycles. The molecule has 1 saturated carbocycles. The van der Waals surface area contributed by atoms with Crippen LogP contribution < -0.4 is 5.32 Å². The summed E-state index contributed by atoms with van der Waals surface area (Å²) in [6.07, 6.45) is 3.88. The summed E-state index contributed by atoms with van der Waals surface area (Å²) in [7, 11) is 1.76.